The minimum Gasteiger partial charge on any atom is -0.334 e. The van der Waals surface area contributed by atoms with Crippen molar-refractivity contribution in [3.8, 4) is 11.3 Å². The number of nitrogens with zero attached hydrogens (tertiary/aromatic N) is 6. The molecule has 0 radical (unpaired) electrons. The summed E-state index contributed by atoms with van der Waals surface area (Å²) in [4.78, 5) is 18.4. The smallest absolute Gasteiger partial charge is 0.334 e. The van der Waals surface area contributed by atoms with Gasteiger partial charge in [0, 0.05) is 30.7 Å². The topological polar surface area (TPSA) is 68.3 Å². The summed E-state index contributed by atoms with van der Waals surface area (Å²) in [5, 5.41) is 8.71. The number of aromatic nitrogens is 5. The van der Waals surface area contributed by atoms with Crippen LogP contribution in [0, 0.1) is 0 Å². The minimum atomic E-state index is -4.72. The number of hydrogen-bond acceptors (Lipinski definition) is 4. The number of amides is 1. The number of aryl methyl sites for hydroxylation is 1. The van der Waals surface area contributed by atoms with Gasteiger partial charge in [-0.1, -0.05) is 35.3 Å². The monoisotopic (exact) mass is 482 g/mol. The van der Waals surface area contributed by atoms with E-state index in [1.807, 2.05) is 0 Å². The van der Waals surface area contributed by atoms with E-state index in [-0.39, 0.29) is 23.6 Å². The van der Waals surface area contributed by atoms with Gasteiger partial charge in [0.05, 0.1) is 29.2 Å². The molecule has 0 saturated heterocycles. The number of benzene rings is 1. The Bertz CT molecular complexity index is 1290. The number of fused-ring (bicyclic) bond motifs is 1. The molecule has 0 bridgehead atoms. The normalized spacial score (nSPS) is 11.8. The molecule has 0 aliphatic carbocycles. The van der Waals surface area contributed by atoms with Gasteiger partial charge in [-0.25, -0.2) is 9.50 Å². The molecule has 0 unspecified atom stereocenters. The fourth-order valence-electron chi connectivity index (χ4n) is 3.16. The molecule has 0 saturated carbocycles. The van der Waals surface area contributed by atoms with Gasteiger partial charge in [0.15, 0.2) is 17.0 Å². The van der Waals surface area contributed by atoms with Crippen molar-refractivity contribution in [2.45, 2.75) is 12.7 Å². The molecule has 0 fully saturated rings. The Labute approximate surface area is 190 Å². The highest BCUT2D eigenvalue weighted by molar-refractivity contribution is 6.31. The second-order valence-electron chi connectivity index (χ2n) is 7.05. The summed E-state index contributed by atoms with van der Waals surface area (Å²) < 4.78 is 43.4. The molecule has 1 aromatic carbocycles. The summed E-state index contributed by atoms with van der Waals surface area (Å²) in [7, 11) is 3.16. The van der Waals surface area contributed by atoms with E-state index in [1.165, 1.54) is 28.9 Å². The van der Waals surface area contributed by atoms with Crippen molar-refractivity contribution in [2.24, 2.45) is 7.05 Å². The predicted octanol–water partition coefficient (Wildman–Crippen LogP) is 4.73. The highest BCUT2D eigenvalue weighted by Crippen LogP contribution is 2.32. The number of rotatable bonds is 4. The molecule has 1 amide bonds. The van der Waals surface area contributed by atoms with E-state index >= 15 is 0 Å². The average Bonchev–Trinajstić information content (AvgIpc) is 3.30. The average molecular weight is 483 g/mol. The first-order valence-electron chi connectivity index (χ1n) is 9.20. The first kappa shape index (κ1) is 22.1. The second-order valence-corrected chi connectivity index (χ2v) is 7.90. The zero-order valence-electron chi connectivity index (χ0n) is 16.7. The van der Waals surface area contributed by atoms with Crippen LogP contribution in [0.4, 0.5) is 13.2 Å². The summed E-state index contributed by atoms with van der Waals surface area (Å²) in [6.07, 6.45) is -3.28. The van der Waals surface area contributed by atoms with Gasteiger partial charge in [-0.05, 0) is 18.2 Å². The van der Waals surface area contributed by atoms with Crippen LogP contribution in [0.1, 0.15) is 21.9 Å². The Balaban J connectivity index is 1.75. The largest absolute Gasteiger partial charge is 0.433 e. The van der Waals surface area contributed by atoms with Crippen LogP contribution >= 0.6 is 23.2 Å². The minimum absolute atomic E-state index is 0.0791. The summed E-state index contributed by atoms with van der Waals surface area (Å²) in [5.74, 6) is -0.589. The molecule has 32 heavy (non-hydrogen) atoms. The van der Waals surface area contributed by atoms with E-state index in [0.29, 0.717) is 25.8 Å². The molecule has 0 atom stereocenters. The van der Waals surface area contributed by atoms with Crippen LogP contribution < -0.4 is 0 Å². The van der Waals surface area contributed by atoms with Gasteiger partial charge in [-0.15, -0.1) is 0 Å². The molecule has 0 N–H and O–H groups in total. The van der Waals surface area contributed by atoms with Crippen LogP contribution in [0.25, 0.3) is 16.9 Å². The van der Waals surface area contributed by atoms with Crippen LogP contribution in [0.15, 0.2) is 42.6 Å². The van der Waals surface area contributed by atoms with E-state index in [2.05, 4.69) is 15.2 Å². The van der Waals surface area contributed by atoms with Crippen molar-refractivity contribution in [1.29, 1.82) is 0 Å². The second kappa shape index (κ2) is 8.10. The van der Waals surface area contributed by atoms with E-state index in [0.717, 1.165) is 6.07 Å². The van der Waals surface area contributed by atoms with E-state index in [1.54, 1.807) is 31.3 Å². The molecule has 0 aliphatic heterocycles. The predicted molar refractivity (Wildman–Crippen MR) is 112 cm³/mol. The van der Waals surface area contributed by atoms with Gasteiger partial charge < -0.3 is 4.90 Å². The van der Waals surface area contributed by atoms with Gasteiger partial charge in [0.2, 0.25) is 0 Å². The maximum Gasteiger partial charge on any atom is 0.433 e. The van der Waals surface area contributed by atoms with Crippen LogP contribution in [-0.2, 0) is 19.8 Å². The number of halogens is 5. The van der Waals surface area contributed by atoms with Crippen molar-refractivity contribution in [2.75, 3.05) is 7.05 Å². The summed E-state index contributed by atoms with van der Waals surface area (Å²) in [6.45, 7) is 0.0949. The number of alkyl halides is 3. The number of carbonyl (C=O) groups excluding carboxylic acids is 1. The molecule has 4 aromatic rings. The van der Waals surface area contributed by atoms with E-state index in [4.69, 9.17) is 23.2 Å². The van der Waals surface area contributed by atoms with Crippen molar-refractivity contribution in [3.63, 3.8) is 0 Å². The number of hydrogen-bond donors (Lipinski definition) is 0. The Morgan fingerprint density at radius 1 is 1.16 bits per heavy atom. The standard InChI is InChI=1S/C20H15Cl2F3N6O/c1-29(10-16-13(22)9-26-30(16)2)19(32)15-8-18-27-14(11-3-5-12(21)6-4-11)7-17(20(23,24)25)31(18)28-15/h3-9H,10H2,1-2H3. The van der Waals surface area contributed by atoms with Crippen LogP contribution in [0.2, 0.25) is 10.0 Å². The first-order valence-corrected chi connectivity index (χ1v) is 9.96. The summed E-state index contributed by atoms with van der Waals surface area (Å²) >= 11 is 11.9. The maximum absolute atomic E-state index is 13.8. The van der Waals surface area contributed by atoms with Crippen molar-refractivity contribution in [1.82, 2.24) is 29.3 Å². The highest BCUT2D eigenvalue weighted by atomic mass is 35.5. The van der Waals surface area contributed by atoms with Gasteiger partial charge in [0.1, 0.15) is 0 Å². The van der Waals surface area contributed by atoms with Crippen LogP contribution in [-0.4, -0.2) is 42.2 Å². The lowest BCUT2D eigenvalue weighted by atomic mass is 10.1. The lowest BCUT2D eigenvalue weighted by Gasteiger charge is -2.16. The molecule has 166 valence electrons. The Morgan fingerprint density at radius 2 is 1.84 bits per heavy atom. The molecule has 7 nitrogen and oxygen atoms in total. The molecule has 4 rings (SSSR count). The molecule has 0 spiro atoms. The molecular formula is C20H15Cl2F3N6O. The summed E-state index contributed by atoms with van der Waals surface area (Å²) in [5.41, 5.74) is -0.249. The summed E-state index contributed by atoms with van der Waals surface area (Å²) in [6, 6.07) is 8.35. The lowest BCUT2D eigenvalue weighted by molar-refractivity contribution is -0.142. The SMILES string of the molecule is CN(Cc1c(Cl)cnn1C)C(=O)c1cc2nc(-c3ccc(Cl)cc3)cc(C(F)(F)F)n2n1. The zero-order chi connectivity index (χ0) is 23.2. The lowest BCUT2D eigenvalue weighted by Crippen LogP contribution is -2.28. The third kappa shape index (κ3) is 4.15. The van der Waals surface area contributed by atoms with Crippen molar-refractivity contribution in [3.05, 3.63) is 69.7 Å². The number of carbonyl (C=O) groups is 1. The van der Waals surface area contributed by atoms with E-state index < -0.39 is 17.8 Å². The fourth-order valence-corrected chi connectivity index (χ4v) is 3.51. The van der Waals surface area contributed by atoms with Gasteiger partial charge in [-0.3, -0.25) is 9.48 Å². The Hall–Kier alpha value is -3.11. The van der Waals surface area contributed by atoms with E-state index in [9.17, 15) is 18.0 Å². The molecule has 0 aliphatic rings. The molecule has 3 heterocycles. The van der Waals surface area contributed by atoms with Crippen LogP contribution in [0.5, 0.6) is 0 Å². The third-order valence-electron chi connectivity index (χ3n) is 4.82. The van der Waals surface area contributed by atoms with Crippen molar-refractivity contribution < 1.29 is 18.0 Å². The van der Waals surface area contributed by atoms with Gasteiger partial charge >= 0.3 is 6.18 Å². The van der Waals surface area contributed by atoms with Crippen LogP contribution in [0.3, 0.4) is 0 Å². The quantitative estimate of drug-likeness (QED) is 0.421. The highest BCUT2D eigenvalue weighted by Gasteiger charge is 2.36. The van der Waals surface area contributed by atoms with Gasteiger partial charge in [-0.2, -0.15) is 23.4 Å². The van der Waals surface area contributed by atoms with Crippen molar-refractivity contribution >= 4 is 34.8 Å². The third-order valence-corrected chi connectivity index (χ3v) is 5.39. The van der Waals surface area contributed by atoms with Gasteiger partial charge in [0.25, 0.3) is 5.91 Å². The first-order chi connectivity index (χ1) is 15.0. The fraction of sp³-hybridized carbons (Fsp3) is 0.200. The maximum atomic E-state index is 13.8. The Kier molecular flexibility index (Phi) is 5.59. The molecular weight excluding hydrogens is 468 g/mol. The Morgan fingerprint density at radius 3 is 2.44 bits per heavy atom. The molecule has 12 heteroatoms. The molecule has 3 aromatic heterocycles. The zero-order valence-corrected chi connectivity index (χ0v) is 18.2.